The second-order valence-electron chi connectivity index (χ2n) is 7.54. The lowest BCUT2D eigenvalue weighted by Crippen LogP contribution is -2.48. The normalized spacial score (nSPS) is 15.0. The van der Waals surface area contributed by atoms with E-state index in [2.05, 4.69) is 20.2 Å². The van der Waals surface area contributed by atoms with E-state index in [4.69, 9.17) is 16.0 Å². The summed E-state index contributed by atoms with van der Waals surface area (Å²) in [7, 11) is 1.83. The van der Waals surface area contributed by atoms with Crippen molar-refractivity contribution in [2.24, 2.45) is 7.05 Å². The van der Waals surface area contributed by atoms with Gasteiger partial charge in [-0.25, -0.2) is 0 Å². The predicted molar refractivity (Wildman–Crippen MR) is 113 cm³/mol. The number of carbonyl (C=O) groups is 1. The van der Waals surface area contributed by atoms with Gasteiger partial charge in [-0.15, -0.1) is 10.2 Å². The Hall–Kier alpha value is -2.71. The van der Waals surface area contributed by atoms with Gasteiger partial charge in [0, 0.05) is 57.6 Å². The summed E-state index contributed by atoms with van der Waals surface area (Å²) < 4.78 is 7.43. The summed E-state index contributed by atoms with van der Waals surface area (Å²) in [6.45, 7) is 5.82. The zero-order chi connectivity index (χ0) is 21.1. The molecule has 3 heterocycles. The van der Waals surface area contributed by atoms with Gasteiger partial charge in [0.05, 0.1) is 5.69 Å². The number of halogens is 1. The Balaban J connectivity index is 1.26. The van der Waals surface area contributed by atoms with Crippen molar-refractivity contribution in [2.75, 3.05) is 26.2 Å². The standard InChI is InChI=1S/C21H25ClN6O2/c1-15-13-18(26(2)25-15)21-24-23-19(30-21)7-8-20(29)28-11-9-27(10-12-28)14-16-5-3-4-6-17(16)22/h3-6,13H,7-12,14H2,1-2H3. The minimum absolute atomic E-state index is 0.114. The highest BCUT2D eigenvalue weighted by molar-refractivity contribution is 6.31. The van der Waals surface area contributed by atoms with Crippen molar-refractivity contribution in [3.05, 3.63) is 52.5 Å². The Morgan fingerprint density at radius 2 is 1.93 bits per heavy atom. The number of hydrogen-bond donors (Lipinski definition) is 0. The molecule has 158 valence electrons. The molecule has 8 nitrogen and oxygen atoms in total. The van der Waals surface area contributed by atoms with E-state index in [1.807, 2.05) is 49.2 Å². The van der Waals surface area contributed by atoms with Crippen molar-refractivity contribution in [2.45, 2.75) is 26.3 Å². The minimum atomic E-state index is 0.114. The van der Waals surface area contributed by atoms with Crippen molar-refractivity contribution in [3.63, 3.8) is 0 Å². The molecule has 0 bridgehead atoms. The second kappa shape index (κ2) is 8.97. The molecule has 1 aromatic carbocycles. The van der Waals surface area contributed by atoms with Crippen LogP contribution < -0.4 is 0 Å². The molecule has 9 heteroatoms. The maximum absolute atomic E-state index is 12.6. The van der Waals surface area contributed by atoms with Crippen LogP contribution in [0.25, 0.3) is 11.6 Å². The number of hydrogen-bond acceptors (Lipinski definition) is 6. The SMILES string of the molecule is Cc1cc(-c2nnc(CCC(=O)N3CCN(Cc4ccccc4Cl)CC3)o2)n(C)n1. The molecule has 2 aromatic heterocycles. The van der Waals surface area contributed by atoms with Gasteiger partial charge in [-0.1, -0.05) is 29.8 Å². The predicted octanol–water partition coefficient (Wildman–Crippen LogP) is 2.71. The number of nitrogens with zero attached hydrogens (tertiary/aromatic N) is 6. The van der Waals surface area contributed by atoms with Gasteiger partial charge in [-0.3, -0.25) is 14.4 Å². The van der Waals surface area contributed by atoms with E-state index in [0.29, 0.717) is 37.7 Å². The van der Waals surface area contributed by atoms with Gasteiger partial charge >= 0.3 is 0 Å². The van der Waals surface area contributed by atoms with Crippen LogP contribution in [0.5, 0.6) is 0 Å². The molecule has 0 unspecified atom stereocenters. The van der Waals surface area contributed by atoms with Gasteiger partial charge in [-0.2, -0.15) is 5.10 Å². The maximum Gasteiger partial charge on any atom is 0.265 e. The zero-order valence-electron chi connectivity index (χ0n) is 17.2. The maximum atomic E-state index is 12.6. The lowest BCUT2D eigenvalue weighted by Gasteiger charge is -2.35. The highest BCUT2D eigenvalue weighted by Gasteiger charge is 2.22. The number of aromatic nitrogens is 4. The average molecular weight is 429 g/mol. The van der Waals surface area contributed by atoms with Crippen molar-refractivity contribution >= 4 is 17.5 Å². The summed E-state index contributed by atoms with van der Waals surface area (Å²) >= 11 is 6.26. The van der Waals surface area contributed by atoms with E-state index in [0.717, 1.165) is 41.6 Å². The smallest absolute Gasteiger partial charge is 0.265 e. The number of benzene rings is 1. The van der Waals surface area contributed by atoms with E-state index < -0.39 is 0 Å². The largest absolute Gasteiger partial charge is 0.419 e. The van der Waals surface area contributed by atoms with Crippen molar-refractivity contribution in [1.29, 1.82) is 0 Å². The van der Waals surface area contributed by atoms with Crippen LogP contribution in [0.15, 0.2) is 34.7 Å². The molecule has 0 spiro atoms. The summed E-state index contributed by atoms with van der Waals surface area (Å²) in [5.74, 6) is 1.01. The lowest BCUT2D eigenvalue weighted by molar-refractivity contribution is -0.133. The highest BCUT2D eigenvalue weighted by atomic mass is 35.5. The van der Waals surface area contributed by atoms with Crippen LogP contribution in [0, 0.1) is 6.92 Å². The lowest BCUT2D eigenvalue weighted by atomic mass is 10.2. The van der Waals surface area contributed by atoms with Crippen LogP contribution in [-0.4, -0.2) is 61.9 Å². The van der Waals surface area contributed by atoms with Crippen LogP contribution in [0.3, 0.4) is 0 Å². The fraction of sp³-hybridized carbons (Fsp3) is 0.429. The Labute approximate surface area is 180 Å². The Kier molecular flexibility index (Phi) is 6.15. The molecular weight excluding hydrogens is 404 g/mol. The van der Waals surface area contributed by atoms with Gasteiger partial charge < -0.3 is 9.32 Å². The van der Waals surface area contributed by atoms with E-state index in [9.17, 15) is 4.79 Å². The summed E-state index contributed by atoms with van der Waals surface area (Å²) in [5, 5.41) is 13.2. The van der Waals surface area contributed by atoms with Gasteiger partial charge in [0.2, 0.25) is 11.8 Å². The summed E-state index contributed by atoms with van der Waals surface area (Å²) in [5.41, 5.74) is 2.78. The van der Waals surface area contributed by atoms with E-state index in [-0.39, 0.29) is 5.91 Å². The fourth-order valence-corrected chi connectivity index (χ4v) is 3.86. The van der Waals surface area contributed by atoms with E-state index in [1.165, 1.54) is 0 Å². The summed E-state index contributed by atoms with van der Waals surface area (Å²) in [4.78, 5) is 16.8. The molecule has 1 aliphatic rings. The molecule has 1 saturated heterocycles. The van der Waals surface area contributed by atoms with Crippen LogP contribution >= 0.6 is 11.6 Å². The molecule has 0 radical (unpaired) electrons. The monoisotopic (exact) mass is 428 g/mol. The Bertz CT molecular complexity index is 1020. The quantitative estimate of drug-likeness (QED) is 0.600. The molecule has 3 aromatic rings. The first-order valence-electron chi connectivity index (χ1n) is 10.1. The number of piperazine rings is 1. The van der Waals surface area contributed by atoms with Gasteiger partial charge in [0.15, 0.2) is 0 Å². The Morgan fingerprint density at radius 3 is 2.63 bits per heavy atom. The molecule has 1 amide bonds. The number of amides is 1. The molecule has 4 rings (SSSR count). The summed E-state index contributed by atoms with van der Waals surface area (Å²) in [6.07, 6.45) is 0.791. The van der Waals surface area contributed by atoms with Crippen LogP contribution in [0.1, 0.15) is 23.6 Å². The van der Waals surface area contributed by atoms with Crippen molar-refractivity contribution < 1.29 is 9.21 Å². The van der Waals surface area contributed by atoms with Gasteiger partial charge in [0.25, 0.3) is 5.89 Å². The van der Waals surface area contributed by atoms with Crippen LogP contribution in [0.4, 0.5) is 0 Å². The van der Waals surface area contributed by atoms with Crippen molar-refractivity contribution in [1.82, 2.24) is 29.8 Å². The minimum Gasteiger partial charge on any atom is -0.419 e. The second-order valence-corrected chi connectivity index (χ2v) is 7.95. The Morgan fingerprint density at radius 1 is 1.17 bits per heavy atom. The first-order valence-corrected chi connectivity index (χ1v) is 10.4. The van der Waals surface area contributed by atoms with Gasteiger partial charge in [0.1, 0.15) is 5.69 Å². The van der Waals surface area contributed by atoms with Gasteiger partial charge in [-0.05, 0) is 24.6 Å². The number of aryl methyl sites for hydroxylation is 3. The molecule has 0 aliphatic carbocycles. The number of rotatable bonds is 6. The van der Waals surface area contributed by atoms with Crippen LogP contribution in [-0.2, 0) is 24.8 Å². The molecule has 1 fully saturated rings. The molecule has 1 aliphatic heterocycles. The molecular formula is C21H25ClN6O2. The topological polar surface area (TPSA) is 80.3 Å². The highest BCUT2D eigenvalue weighted by Crippen LogP contribution is 2.20. The molecule has 0 atom stereocenters. The third kappa shape index (κ3) is 4.71. The van der Waals surface area contributed by atoms with Crippen molar-refractivity contribution in [3.8, 4) is 11.6 Å². The third-order valence-electron chi connectivity index (χ3n) is 5.32. The first kappa shape index (κ1) is 20.6. The number of carbonyl (C=O) groups excluding carboxylic acids is 1. The molecule has 0 N–H and O–H groups in total. The summed E-state index contributed by atoms with van der Waals surface area (Å²) in [6, 6.07) is 9.79. The molecule has 30 heavy (non-hydrogen) atoms. The fourth-order valence-electron chi connectivity index (χ4n) is 3.66. The first-order chi connectivity index (χ1) is 14.5. The molecule has 0 saturated carbocycles. The third-order valence-corrected chi connectivity index (χ3v) is 5.69. The average Bonchev–Trinajstić information content (AvgIpc) is 3.34. The van der Waals surface area contributed by atoms with E-state index in [1.54, 1.807) is 4.68 Å². The van der Waals surface area contributed by atoms with Crippen LogP contribution in [0.2, 0.25) is 5.02 Å². The zero-order valence-corrected chi connectivity index (χ0v) is 18.0. The van der Waals surface area contributed by atoms with E-state index >= 15 is 0 Å².